The lowest BCUT2D eigenvalue weighted by atomic mass is 10.1. The summed E-state index contributed by atoms with van der Waals surface area (Å²) in [7, 11) is 3.01. The second kappa shape index (κ2) is 9.15. The Balaban J connectivity index is 1.52. The molecule has 1 unspecified atom stereocenters. The lowest BCUT2D eigenvalue weighted by Crippen LogP contribution is -2.42. The predicted molar refractivity (Wildman–Crippen MR) is 107 cm³/mol. The third kappa shape index (κ3) is 5.40. The number of hydrogen-bond acceptors (Lipinski definition) is 4. The molecule has 1 saturated heterocycles. The minimum atomic E-state index is -1.05. The number of ether oxygens (including phenoxy) is 1. The molecule has 0 spiro atoms. The van der Waals surface area contributed by atoms with Gasteiger partial charge in [0.05, 0.1) is 10.8 Å². The van der Waals surface area contributed by atoms with Gasteiger partial charge in [-0.2, -0.15) is 0 Å². The Bertz CT molecular complexity index is 770. The Labute approximate surface area is 163 Å². The van der Waals surface area contributed by atoms with Gasteiger partial charge in [0.25, 0.3) is 0 Å². The van der Waals surface area contributed by atoms with E-state index in [1.54, 1.807) is 17.0 Å². The third-order valence-corrected chi connectivity index (χ3v) is 6.42. The quantitative estimate of drug-likeness (QED) is 0.789. The molecular formula is C21H26N2O3S. The van der Waals surface area contributed by atoms with Crippen molar-refractivity contribution in [2.24, 2.45) is 0 Å². The average Bonchev–Trinajstić information content (AvgIpc) is 2.68. The average molecular weight is 387 g/mol. The maximum Gasteiger partial charge on any atom is 0.415 e. The smallest absolute Gasteiger partial charge is 0.410 e. The van der Waals surface area contributed by atoms with Crippen LogP contribution < -0.4 is 4.74 Å². The van der Waals surface area contributed by atoms with Gasteiger partial charge in [-0.1, -0.05) is 30.3 Å². The first kappa shape index (κ1) is 19.6. The highest BCUT2D eigenvalue weighted by molar-refractivity contribution is 7.85. The van der Waals surface area contributed by atoms with E-state index in [9.17, 15) is 9.00 Å². The summed E-state index contributed by atoms with van der Waals surface area (Å²) in [6.45, 7) is 2.01. The van der Waals surface area contributed by atoms with Crippen molar-refractivity contribution in [3.63, 3.8) is 0 Å². The third-order valence-electron chi connectivity index (χ3n) is 4.61. The van der Waals surface area contributed by atoms with Crippen LogP contribution in [0.3, 0.4) is 0 Å². The highest BCUT2D eigenvalue weighted by Crippen LogP contribution is 2.22. The Kier molecular flexibility index (Phi) is 6.63. The standard InChI is InChI=1S/C21H26N2O3S/c1-22(2)16-17-8-10-19(11-9-17)27(25)20-12-14-23(15-13-20)21(24)26-18-6-4-3-5-7-18/h3-11,20H,12-16H2,1-2H3. The molecule has 3 rings (SSSR count). The topological polar surface area (TPSA) is 49.9 Å². The van der Waals surface area contributed by atoms with Crippen molar-refractivity contribution in [2.75, 3.05) is 27.2 Å². The van der Waals surface area contributed by atoms with Gasteiger partial charge in [0.15, 0.2) is 0 Å². The fourth-order valence-electron chi connectivity index (χ4n) is 3.19. The Morgan fingerprint density at radius 1 is 1.07 bits per heavy atom. The maximum absolute atomic E-state index is 12.9. The molecule has 0 radical (unpaired) electrons. The van der Waals surface area contributed by atoms with E-state index >= 15 is 0 Å². The lowest BCUT2D eigenvalue weighted by Gasteiger charge is -2.30. The van der Waals surface area contributed by atoms with Crippen molar-refractivity contribution < 1.29 is 13.7 Å². The first-order chi connectivity index (χ1) is 13.0. The van der Waals surface area contributed by atoms with Gasteiger partial charge in [-0.25, -0.2) is 4.79 Å². The van der Waals surface area contributed by atoms with Crippen LogP contribution in [0, 0.1) is 0 Å². The minimum absolute atomic E-state index is 0.0745. The van der Waals surface area contributed by atoms with Crippen LogP contribution in [0.4, 0.5) is 4.79 Å². The van der Waals surface area contributed by atoms with E-state index in [-0.39, 0.29) is 11.3 Å². The van der Waals surface area contributed by atoms with Gasteiger partial charge in [0.1, 0.15) is 5.75 Å². The van der Waals surface area contributed by atoms with Crippen LogP contribution in [0.5, 0.6) is 5.75 Å². The number of carbonyl (C=O) groups excluding carboxylic acids is 1. The van der Waals surface area contributed by atoms with Crippen molar-refractivity contribution in [2.45, 2.75) is 29.5 Å². The first-order valence-electron chi connectivity index (χ1n) is 9.19. The molecule has 0 aliphatic carbocycles. The zero-order chi connectivity index (χ0) is 19.2. The summed E-state index contributed by atoms with van der Waals surface area (Å²) >= 11 is 0. The molecule has 1 aliphatic heterocycles. The number of amides is 1. The molecule has 1 heterocycles. The minimum Gasteiger partial charge on any atom is -0.410 e. The molecule has 0 N–H and O–H groups in total. The first-order valence-corrected chi connectivity index (χ1v) is 10.4. The highest BCUT2D eigenvalue weighted by atomic mass is 32.2. The van der Waals surface area contributed by atoms with Gasteiger partial charge >= 0.3 is 6.09 Å². The lowest BCUT2D eigenvalue weighted by molar-refractivity contribution is 0.143. The van der Waals surface area contributed by atoms with E-state index in [4.69, 9.17) is 4.74 Å². The largest absolute Gasteiger partial charge is 0.415 e. The van der Waals surface area contributed by atoms with Crippen molar-refractivity contribution in [3.05, 3.63) is 60.2 Å². The number of hydrogen-bond donors (Lipinski definition) is 0. The molecule has 1 fully saturated rings. The van der Waals surface area contributed by atoms with Crippen LogP contribution in [-0.2, 0) is 17.3 Å². The van der Waals surface area contributed by atoms with Crippen LogP contribution in [0.2, 0.25) is 0 Å². The Morgan fingerprint density at radius 2 is 1.70 bits per heavy atom. The number of piperidine rings is 1. The molecule has 1 amide bonds. The Hall–Kier alpha value is -2.18. The van der Waals surface area contributed by atoms with E-state index in [0.717, 1.165) is 24.3 Å². The summed E-state index contributed by atoms with van der Waals surface area (Å²) in [6, 6.07) is 17.1. The summed E-state index contributed by atoms with van der Waals surface area (Å²) < 4.78 is 18.3. The maximum atomic E-state index is 12.9. The van der Waals surface area contributed by atoms with Gasteiger partial charge in [-0.15, -0.1) is 0 Å². The van der Waals surface area contributed by atoms with Crippen molar-refractivity contribution >= 4 is 16.9 Å². The molecule has 1 aliphatic rings. The number of rotatable bonds is 5. The second-order valence-electron chi connectivity index (χ2n) is 7.05. The molecule has 0 aromatic heterocycles. The predicted octanol–water partition coefficient (Wildman–Crippen LogP) is 3.52. The van der Waals surface area contributed by atoms with Crippen LogP contribution in [0.15, 0.2) is 59.5 Å². The highest BCUT2D eigenvalue weighted by Gasteiger charge is 2.28. The van der Waals surface area contributed by atoms with Gasteiger partial charge in [-0.3, -0.25) is 4.21 Å². The summed E-state index contributed by atoms with van der Waals surface area (Å²) in [4.78, 5) is 16.9. The molecule has 2 aromatic rings. The molecule has 5 nitrogen and oxygen atoms in total. The van der Waals surface area contributed by atoms with Crippen molar-refractivity contribution in [1.29, 1.82) is 0 Å². The van der Waals surface area contributed by atoms with Gasteiger partial charge < -0.3 is 14.5 Å². The normalized spacial score (nSPS) is 16.3. The van der Waals surface area contributed by atoms with Crippen LogP contribution in [-0.4, -0.2) is 52.5 Å². The number of nitrogens with zero attached hydrogens (tertiary/aromatic N) is 2. The number of benzene rings is 2. The summed E-state index contributed by atoms with van der Waals surface area (Å²) in [6.07, 6.45) is 1.10. The van der Waals surface area contributed by atoms with E-state index in [0.29, 0.717) is 18.8 Å². The van der Waals surface area contributed by atoms with Gasteiger partial charge in [0, 0.05) is 29.8 Å². The molecule has 6 heteroatoms. The molecule has 1 atom stereocenters. The zero-order valence-electron chi connectivity index (χ0n) is 15.8. The van der Waals surface area contributed by atoms with Crippen LogP contribution in [0.1, 0.15) is 18.4 Å². The zero-order valence-corrected chi connectivity index (χ0v) is 16.7. The number of carbonyl (C=O) groups is 1. The van der Waals surface area contributed by atoms with E-state index < -0.39 is 10.8 Å². The summed E-state index contributed by atoms with van der Waals surface area (Å²) in [5.74, 6) is 0.547. The Morgan fingerprint density at radius 3 is 2.30 bits per heavy atom. The molecule has 0 bridgehead atoms. The molecular weight excluding hydrogens is 360 g/mol. The van der Waals surface area contributed by atoms with Crippen molar-refractivity contribution in [3.8, 4) is 5.75 Å². The second-order valence-corrected chi connectivity index (χ2v) is 8.78. The monoisotopic (exact) mass is 386 g/mol. The molecule has 2 aromatic carbocycles. The van der Waals surface area contributed by atoms with Crippen LogP contribution in [0.25, 0.3) is 0 Å². The van der Waals surface area contributed by atoms with E-state index in [2.05, 4.69) is 4.90 Å². The summed E-state index contributed by atoms with van der Waals surface area (Å²) in [5, 5.41) is 0.0745. The number of para-hydroxylation sites is 1. The van der Waals surface area contributed by atoms with Crippen molar-refractivity contribution in [1.82, 2.24) is 9.80 Å². The summed E-state index contributed by atoms with van der Waals surface area (Å²) in [5.41, 5.74) is 1.21. The SMILES string of the molecule is CN(C)Cc1ccc(S(=O)C2CCN(C(=O)Oc3ccccc3)CC2)cc1. The number of likely N-dealkylation sites (tertiary alicyclic amines) is 1. The van der Waals surface area contributed by atoms with Gasteiger partial charge in [0.2, 0.25) is 0 Å². The molecule has 0 saturated carbocycles. The molecule has 144 valence electrons. The van der Waals surface area contributed by atoms with Gasteiger partial charge in [-0.05, 0) is 56.8 Å². The fraction of sp³-hybridized carbons (Fsp3) is 0.381. The van der Waals surface area contributed by atoms with E-state index in [1.165, 1.54) is 5.56 Å². The van der Waals surface area contributed by atoms with Crippen LogP contribution >= 0.6 is 0 Å². The van der Waals surface area contributed by atoms with E-state index in [1.807, 2.05) is 56.6 Å². The molecule has 27 heavy (non-hydrogen) atoms. The fourth-order valence-corrected chi connectivity index (χ4v) is 4.62.